The predicted molar refractivity (Wildman–Crippen MR) is 113 cm³/mol. The molecule has 3 atom stereocenters. The highest BCUT2D eigenvalue weighted by Gasteiger charge is 2.45. The number of piperidine rings is 2. The predicted octanol–water partition coefficient (Wildman–Crippen LogP) is 1.77. The highest BCUT2D eigenvalue weighted by Crippen LogP contribution is 2.46. The van der Waals surface area contributed by atoms with Gasteiger partial charge in [0, 0.05) is 31.7 Å². The fourth-order valence-electron chi connectivity index (χ4n) is 5.46. The summed E-state index contributed by atoms with van der Waals surface area (Å²) in [6.07, 6.45) is 4.40. The number of nitrogens with zero attached hydrogens (tertiary/aromatic N) is 2. The first-order valence-corrected chi connectivity index (χ1v) is 12.3. The smallest absolute Gasteiger partial charge is 0.214 e. The summed E-state index contributed by atoms with van der Waals surface area (Å²) >= 11 is 0. The minimum atomic E-state index is -3.26. The van der Waals surface area contributed by atoms with Crippen LogP contribution < -0.4 is 15.2 Å². The van der Waals surface area contributed by atoms with Crippen molar-refractivity contribution >= 4 is 10.0 Å². The van der Waals surface area contributed by atoms with E-state index in [-0.39, 0.29) is 17.8 Å². The van der Waals surface area contributed by atoms with E-state index < -0.39 is 10.0 Å². The first-order valence-electron chi connectivity index (χ1n) is 10.7. The molecule has 3 aliphatic heterocycles. The van der Waals surface area contributed by atoms with Crippen molar-refractivity contribution in [3.05, 3.63) is 23.3 Å². The van der Waals surface area contributed by atoms with Gasteiger partial charge in [-0.1, -0.05) is 0 Å². The Morgan fingerprint density at radius 1 is 1.17 bits per heavy atom. The summed E-state index contributed by atoms with van der Waals surface area (Å²) in [5.74, 6) is 2.07. The molecule has 1 aromatic carbocycles. The molecule has 8 heteroatoms. The largest absolute Gasteiger partial charge is 0.493 e. The highest BCUT2D eigenvalue weighted by molar-refractivity contribution is 7.89. The van der Waals surface area contributed by atoms with Crippen LogP contribution in [0.15, 0.2) is 12.1 Å². The molecule has 29 heavy (non-hydrogen) atoms. The molecular weight excluding hydrogens is 390 g/mol. The van der Waals surface area contributed by atoms with E-state index in [0.29, 0.717) is 25.4 Å². The van der Waals surface area contributed by atoms with Crippen LogP contribution in [0.3, 0.4) is 0 Å². The van der Waals surface area contributed by atoms with E-state index in [1.807, 2.05) is 4.31 Å². The van der Waals surface area contributed by atoms with Crippen LogP contribution in [0.5, 0.6) is 11.5 Å². The molecule has 0 radical (unpaired) electrons. The van der Waals surface area contributed by atoms with Gasteiger partial charge in [0.15, 0.2) is 11.5 Å². The Bertz CT molecular complexity index is 845. The molecule has 2 saturated heterocycles. The van der Waals surface area contributed by atoms with Crippen LogP contribution in [-0.4, -0.2) is 69.8 Å². The summed E-state index contributed by atoms with van der Waals surface area (Å²) in [5, 5.41) is 0. The van der Waals surface area contributed by atoms with Gasteiger partial charge in [0.2, 0.25) is 10.0 Å². The van der Waals surface area contributed by atoms with Gasteiger partial charge in [0.1, 0.15) is 0 Å². The van der Waals surface area contributed by atoms with E-state index in [9.17, 15) is 8.42 Å². The SMILES string of the molecule is COc1cc2c(cc1OC)[C@@H]1C[C@H]3[C@H](CCCN3S(=O)(=O)CCCN)CN1CC2. The monoisotopic (exact) mass is 423 g/mol. The lowest BCUT2D eigenvalue weighted by Crippen LogP contribution is -2.57. The zero-order chi connectivity index (χ0) is 20.6. The van der Waals surface area contributed by atoms with E-state index in [2.05, 4.69) is 17.0 Å². The minimum absolute atomic E-state index is 0.0758. The molecule has 3 aliphatic rings. The van der Waals surface area contributed by atoms with E-state index in [1.165, 1.54) is 11.1 Å². The van der Waals surface area contributed by atoms with Gasteiger partial charge < -0.3 is 15.2 Å². The Morgan fingerprint density at radius 3 is 2.66 bits per heavy atom. The molecule has 0 aromatic heterocycles. The zero-order valence-electron chi connectivity index (χ0n) is 17.5. The summed E-state index contributed by atoms with van der Waals surface area (Å²) in [4.78, 5) is 2.55. The van der Waals surface area contributed by atoms with Crippen LogP contribution in [-0.2, 0) is 16.4 Å². The van der Waals surface area contributed by atoms with Crippen LogP contribution in [0.2, 0.25) is 0 Å². The van der Waals surface area contributed by atoms with Gasteiger partial charge in [-0.05, 0) is 67.8 Å². The molecule has 1 aromatic rings. The van der Waals surface area contributed by atoms with Crippen molar-refractivity contribution in [3.63, 3.8) is 0 Å². The van der Waals surface area contributed by atoms with Crippen molar-refractivity contribution in [1.29, 1.82) is 0 Å². The average Bonchev–Trinajstić information content (AvgIpc) is 2.74. The second-order valence-corrected chi connectivity index (χ2v) is 10.5. The number of methoxy groups -OCH3 is 2. The van der Waals surface area contributed by atoms with E-state index >= 15 is 0 Å². The third kappa shape index (κ3) is 3.87. The Kier molecular flexibility index (Phi) is 6.06. The van der Waals surface area contributed by atoms with Crippen LogP contribution >= 0.6 is 0 Å². The van der Waals surface area contributed by atoms with Crippen LogP contribution in [0.1, 0.15) is 42.9 Å². The molecule has 3 heterocycles. The fraction of sp³-hybridized carbons (Fsp3) is 0.714. The second-order valence-electron chi connectivity index (χ2n) is 8.44. The molecule has 0 unspecified atom stereocenters. The lowest BCUT2D eigenvalue weighted by Gasteiger charge is -2.51. The number of sulfonamides is 1. The Balaban J connectivity index is 1.64. The van der Waals surface area contributed by atoms with Crippen LogP contribution in [0.25, 0.3) is 0 Å². The average molecular weight is 424 g/mol. The number of hydrogen-bond acceptors (Lipinski definition) is 6. The number of hydrogen-bond donors (Lipinski definition) is 1. The van der Waals surface area contributed by atoms with E-state index in [4.69, 9.17) is 15.2 Å². The highest BCUT2D eigenvalue weighted by atomic mass is 32.2. The molecule has 0 bridgehead atoms. The molecule has 0 saturated carbocycles. The summed E-state index contributed by atoms with van der Waals surface area (Å²) in [6.45, 7) is 3.02. The topological polar surface area (TPSA) is 85.1 Å². The number of ether oxygens (including phenoxy) is 2. The molecule has 162 valence electrons. The molecule has 0 amide bonds. The van der Waals surface area contributed by atoms with Crippen molar-refractivity contribution in [3.8, 4) is 11.5 Å². The molecule has 4 rings (SSSR count). The first kappa shape index (κ1) is 20.9. The number of rotatable bonds is 6. The molecule has 2 N–H and O–H groups in total. The van der Waals surface area contributed by atoms with Gasteiger partial charge in [0.05, 0.1) is 20.0 Å². The Labute approximate surface area is 174 Å². The van der Waals surface area contributed by atoms with Gasteiger partial charge >= 0.3 is 0 Å². The van der Waals surface area contributed by atoms with Crippen molar-refractivity contribution in [2.45, 2.75) is 44.2 Å². The molecule has 0 aliphatic carbocycles. The maximum absolute atomic E-state index is 13.0. The zero-order valence-corrected chi connectivity index (χ0v) is 18.3. The van der Waals surface area contributed by atoms with Crippen molar-refractivity contribution in [2.24, 2.45) is 11.7 Å². The van der Waals surface area contributed by atoms with Crippen LogP contribution in [0.4, 0.5) is 0 Å². The Morgan fingerprint density at radius 2 is 1.93 bits per heavy atom. The lowest BCUT2D eigenvalue weighted by molar-refractivity contribution is 0.0218. The summed E-state index contributed by atoms with van der Waals surface area (Å²) < 4.78 is 38.9. The number of nitrogens with two attached hydrogens (primary N) is 1. The number of fused-ring (bicyclic) bond motifs is 4. The minimum Gasteiger partial charge on any atom is -0.493 e. The van der Waals surface area contributed by atoms with Crippen molar-refractivity contribution in [1.82, 2.24) is 9.21 Å². The second kappa shape index (κ2) is 8.41. The molecular formula is C21H33N3O4S. The Hall–Kier alpha value is -1.35. The fourth-order valence-corrected chi connectivity index (χ4v) is 7.30. The third-order valence-electron chi connectivity index (χ3n) is 6.88. The van der Waals surface area contributed by atoms with Gasteiger partial charge in [0.25, 0.3) is 0 Å². The maximum atomic E-state index is 13.0. The van der Waals surface area contributed by atoms with Gasteiger partial charge in [-0.25, -0.2) is 8.42 Å². The first-order chi connectivity index (χ1) is 14.0. The van der Waals surface area contributed by atoms with E-state index in [0.717, 1.165) is 50.3 Å². The lowest BCUT2D eigenvalue weighted by atomic mass is 9.77. The normalized spacial score (nSPS) is 27.6. The van der Waals surface area contributed by atoms with Gasteiger partial charge in [-0.15, -0.1) is 0 Å². The van der Waals surface area contributed by atoms with Crippen molar-refractivity contribution in [2.75, 3.05) is 46.2 Å². The maximum Gasteiger partial charge on any atom is 0.214 e. The van der Waals surface area contributed by atoms with Crippen molar-refractivity contribution < 1.29 is 17.9 Å². The van der Waals surface area contributed by atoms with Crippen LogP contribution in [0, 0.1) is 5.92 Å². The summed E-state index contributed by atoms with van der Waals surface area (Å²) in [7, 11) is 0.0603. The standard InChI is InChI=1S/C21H33N3O4S/c1-27-20-11-15-6-9-23-14-16-5-3-8-24(29(25,26)10-4-7-22)18(16)13-19(23)17(15)12-21(20)28-2/h11-12,16,18-19H,3-10,13-14,22H2,1-2H3/t16-,18+,19+/m1/s1. The quantitative estimate of drug-likeness (QED) is 0.751. The summed E-state index contributed by atoms with van der Waals surface area (Å²) in [5.41, 5.74) is 8.13. The molecule has 7 nitrogen and oxygen atoms in total. The number of benzene rings is 1. The third-order valence-corrected chi connectivity index (χ3v) is 8.85. The summed E-state index contributed by atoms with van der Waals surface area (Å²) in [6, 6.07) is 4.49. The van der Waals surface area contributed by atoms with Gasteiger partial charge in [-0.2, -0.15) is 4.31 Å². The molecule has 0 spiro atoms. The molecule has 2 fully saturated rings. The van der Waals surface area contributed by atoms with E-state index in [1.54, 1.807) is 14.2 Å². The van der Waals surface area contributed by atoms with Gasteiger partial charge in [-0.3, -0.25) is 4.90 Å².